The van der Waals surface area contributed by atoms with Crippen molar-refractivity contribution in [2.45, 2.75) is 44.7 Å². The number of nitrogens with zero attached hydrogens (tertiary/aromatic N) is 4. The quantitative estimate of drug-likeness (QED) is 0.717. The molecule has 3 aliphatic rings. The fraction of sp³-hybridized carbons (Fsp3) is 0.739. The molecule has 1 aromatic heterocycles. The summed E-state index contributed by atoms with van der Waals surface area (Å²) in [5, 5.41) is 0. The van der Waals surface area contributed by atoms with E-state index in [0.29, 0.717) is 31.8 Å². The van der Waals surface area contributed by atoms with Gasteiger partial charge in [-0.05, 0) is 43.7 Å². The lowest BCUT2D eigenvalue weighted by Crippen LogP contribution is -2.52. The Morgan fingerprint density at radius 3 is 2.48 bits per heavy atom. The summed E-state index contributed by atoms with van der Waals surface area (Å²) in [6.07, 6.45) is 1.22. The number of carbonyl (C=O) groups excluding carboxylic acids is 1. The van der Waals surface area contributed by atoms with Crippen LogP contribution in [0.15, 0.2) is 24.4 Å². The number of hydrogen-bond donors (Lipinski definition) is 0. The number of piperazine rings is 1. The summed E-state index contributed by atoms with van der Waals surface area (Å²) in [7, 11) is 0. The van der Waals surface area contributed by atoms with Gasteiger partial charge in [0.15, 0.2) is 0 Å². The van der Waals surface area contributed by atoms with Crippen molar-refractivity contribution >= 4 is 11.7 Å². The highest BCUT2D eigenvalue weighted by Gasteiger charge is 2.49. The van der Waals surface area contributed by atoms with Gasteiger partial charge in [-0.3, -0.25) is 9.69 Å². The zero-order valence-electron chi connectivity index (χ0n) is 18.1. The number of rotatable bonds is 4. The predicted molar refractivity (Wildman–Crippen MR) is 114 cm³/mol. The number of likely N-dealkylation sites (tertiary alicyclic amines) is 1. The van der Waals surface area contributed by atoms with Crippen LogP contribution in [0.2, 0.25) is 0 Å². The molecule has 0 N–H and O–H groups in total. The Hall–Kier alpha value is -1.83. The lowest BCUT2D eigenvalue weighted by Gasteiger charge is -2.41. The molecule has 3 atom stereocenters. The molecule has 3 fully saturated rings. The molecule has 0 radical (unpaired) electrons. The molecule has 4 rings (SSSR count). The van der Waals surface area contributed by atoms with Crippen molar-refractivity contribution in [1.82, 2.24) is 14.8 Å². The van der Waals surface area contributed by atoms with E-state index in [4.69, 9.17) is 0 Å². The normalized spacial score (nSPS) is 28.5. The van der Waals surface area contributed by atoms with Crippen molar-refractivity contribution in [3.05, 3.63) is 24.4 Å². The Morgan fingerprint density at radius 1 is 1.00 bits per heavy atom. The molecule has 0 spiro atoms. The largest absolute Gasteiger partial charge is 0.392 e. The first-order chi connectivity index (χ1) is 14.9. The second-order valence-electron chi connectivity index (χ2n) is 9.31. The summed E-state index contributed by atoms with van der Waals surface area (Å²) in [5.74, 6) is -1.26. The zero-order chi connectivity index (χ0) is 21.8. The van der Waals surface area contributed by atoms with Crippen molar-refractivity contribution in [3.8, 4) is 0 Å². The van der Waals surface area contributed by atoms with Crippen LogP contribution >= 0.6 is 0 Å². The lowest BCUT2D eigenvalue weighted by molar-refractivity contribution is -0.201. The molecule has 5 nitrogen and oxygen atoms in total. The topological polar surface area (TPSA) is 39.7 Å². The minimum atomic E-state index is -4.27. The third-order valence-electron chi connectivity index (χ3n) is 7.20. The van der Waals surface area contributed by atoms with E-state index in [1.807, 2.05) is 24.4 Å². The molecule has 3 heterocycles. The summed E-state index contributed by atoms with van der Waals surface area (Å²) in [6, 6.07) is 5.94. The summed E-state index contributed by atoms with van der Waals surface area (Å²) >= 11 is 0. The van der Waals surface area contributed by atoms with Crippen LogP contribution in [0.3, 0.4) is 0 Å². The number of piperidine rings is 1. The minimum absolute atomic E-state index is 0.0950. The van der Waals surface area contributed by atoms with Crippen LogP contribution in [0.4, 0.5) is 19.0 Å². The summed E-state index contributed by atoms with van der Waals surface area (Å²) in [5.41, 5.74) is 0. The maximum absolute atomic E-state index is 13.5. The monoisotopic (exact) mass is 438 g/mol. The standard InChI is InChI=1S/C23H33F3N4O/c24-23(25,26)20-8-2-1-7-19(20)22(31)30-11-5-6-18(17-30)16-28-12-14-29(15-13-28)21-9-3-4-10-27-21/h3-4,9-10,18-20H,1-2,5-8,11-17H2. The smallest absolute Gasteiger partial charge is 0.354 e. The molecule has 2 saturated heterocycles. The van der Waals surface area contributed by atoms with Crippen LogP contribution in [0.25, 0.3) is 0 Å². The van der Waals surface area contributed by atoms with Gasteiger partial charge in [0.05, 0.1) is 5.92 Å². The van der Waals surface area contributed by atoms with Crippen LogP contribution < -0.4 is 4.90 Å². The third-order valence-corrected chi connectivity index (χ3v) is 7.20. The highest BCUT2D eigenvalue weighted by atomic mass is 19.4. The summed E-state index contributed by atoms with van der Waals surface area (Å²) in [4.78, 5) is 23.9. The molecule has 1 saturated carbocycles. The minimum Gasteiger partial charge on any atom is -0.354 e. The number of halogens is 3. The molecule has 8 heteroatoms. The van der Waals surface area contributed by atoms with E-state index in [1.54, 1.807) is 4.90 Å². The Morgan fingerprint density at radius 2 is 1.77 bits per heavy atom. The van der Waals surface area contributed by atoms with Crippen molar-refractivity contribution in [2.75, 3.05) is 50.7 Å². The molecular weight excluding hydrogens is 405 g/mol. The Bertz CT molecular complexity index is 721. The first-order valence-electron chi connectivity index (χ1n) is 11.7. The second kappa shape index (κ2) is 9.76. The highest BCUT2D eigenvalue weighted by Crippen LogP contribution is 2.42. The molecule has 31 heavy (non-hydrogen) atoms. The molecule has 172 valence electrons. The molecule has 0 bridgehead atoms. The SMILES string of the molecule is O=C(C1CCCCC1C(F)(F)F)N1CCCC(CN2CCN(c3ccccn3)CC2)C1. The van der Waals surface area contributed by atoms with Crippen LogP contribution in [0.1, 0.15) is 38.5 Å². The molecule has 1 amide bonds. The second-order valence-corrected chi connectivity index (χ2v) is 9.31. The number of carbonyl (C=O) groups is 1. The number of pyridine rings is 1. The van der Waals surface area contributed by atoms with Crippen LogP contribution in [0.5, 0.6) is 0 Å². The van der Waals surface area contributed by atoms with Gasteiger partial charge in [0.2, 0.25) is 5.91 Å². The predicted octanol–water partition coefficient (Wildman–Crippen LogP) is 3.81. The Kier molecular flexibility index (Phi) is 7.04. The van der Waals surface area contributed by atoms with E-state index in [2.05, 4.69) is 14.8 Å². The van der Waals surface area contributed by atoms with Crippen LogP contribution in [-0.4, -0.2) is 72.7 Å². The first kappa shape index (κ1) is 22.4. The summed E-state index contributed by atoms with van der Waals surface area (Å²) in [6.45, 7) is 5.83. The average molecular weight is 439 g/mol. The molecule has 0 aromatic carbocycles. The van der Waals surface area contributed by atoms with Crippen molar-refractivity contribution in [3.63, 3.8) is 0 Å². The van der Waals surface area contributed by atoms with Gasteiger partial charge in [-0.1, -0.05) is 18.9 Å². The molecule has 3 unspecified atom stereocenters. The summed E-state index contributed by atoms with van der Waals surface area (Å²) < 4.78 is 40.4. The number of hydrogen-bond acceptors (Lipinski definition) is 4. The number of alkyl halides is 3. The molecule has 1 aliphatic carbocycles. The van der Waals surface area contributed by atoms with Crippen molar-refractivity contribution < 1.29 is 18.0 Å². The van der Waals surface area contributed by atoms with Gasteiger partial charge < -0.3 is 9.80 Å². The van der Waals surface area contributed by atoms with Gasteiger partial charge in [0, 0.05) is 57.9 Å². The van der Waals surface area contributed by atoms with Gasteiger partial charge >= 0.3 is 6.18 Å². The fourth-order valence-corrected chi connectivity index (χ4v) is 5.53. The number of aromatic nitrogens is 1. The van der Waals surface area contributed by atoms with Gasteiger partial charge in [-0.2, -0.15) is 13.2 Å². The zero-order valence-corrected chi connectivity index (χ0v) is 18.1. The van der Waals surface area contributed by atoms with Gasteiger partial charge in [0.25, 0.3) is 0 Å². The van der Waals surface area contributed by atoms with Gasteiger partial charge in [-0.25, -0.2) is 4.98 Å². The van der Waals surface area contributed by atoms with Crippen molar-refractivity contribution in [1.29, 1.82) is 0 Å². The number of amides is 1. The average Bonchev–Trinajstić information content (AvgIpc) is 2.79. The highest BCUT2D eigenvalue weighted by molar-refractivity contribution is 5.79. The van der Waals surface area contributed by atoms with Crippen LogP contribution in [0, 0.1) is 17.8 Å². The van der Waals surface area contributed by atoms with E-state index >= 15 is 0 Å². The van der Waals surface area contributed by atoms with Crippen molar-refractivity contribution in [2.24, 2.45) is 17.8 Å². The van der Waals surface area contributed by atoms with Gasteiger partial charge in [-0.15, -0.1) is 0 Å². The fourth-order valence-electron chi connectivity index (χ4n) is 5.53. The van der Waals surface area contributed by atoms with Crippen LogP contribution in [-0.2, 0) is 4.79 Å². The third kappa shape index (κ3) is 5.51. The van der Waals surface area contributed by atoms with E-state index in [0.717, 1.165) is 57.8 Å². The van der Waals surface area contributed by atoms with E-state index < -0.39 is 18.0 Å². The molecular formula is C23H33F3N4O. The Balaban J connectivity index is 1.29. The lowest BCUT2D eigenvalue weighted by atomic mass is 9.77. The molecule has 1 aromatic rings. The van der Waals surface area contributed by atoms with E-state index in [9.17, 15) is 18.0 Å². The maximum Gasteiger partial charge on any atom is 0.392 e. The van der Waals surface area contributed by atoms with E-state index in [-0.39, 0.29) is 12.3 Å². The molecule has 2 aliphatic heterocycles. The maximum atomic E-state index is 13.5. The number of anilines is 1. The van der Waals surface area contributed by atoms with E-state index in [1.165, 1.54) is 0 Å². The first-order valence-corrected chi connectivity index (χ1v) is 11.7. The van der Waals surface area contributed by atoms with Gasteiger partial charge in [0.1, 0.15) is 5.82 Å². The Labute approximate surface area is 182 Å².